The highest BCUT2D eigenvalue weighted by Crippen LogP contribution is 2.22. The van der Waals surface area contributed by atoms with Crippen molar-refractivity contribution in [2.24, 2.45) is 0 Å². The third-order valence-electron chi connectivity index (χ3n) is 2.35. The van der Waals surface area contributed by atoms with E-state index in [0.717, 1.165) is 12.2 Å². The maximum atomic E-state index is 9.53. The summed E-state index contributed by atoms with van der Waals surface area (Å²) in [5.41, 5.74) is 0. The van der Waals surface area contributed by atoms with Gasteiger partial charge in [-0.3, -0.25) is 0 Å². The second-order valence-electron chi connectivity index (χ2n) is 3.50. The van der Waals surface area contributed by atoms with Gasteiger partial charge in [0.1, 0.15) is 11.9 Å². The summed E-state index contributed by atoms with van der Waals surface area (Å²) >= 11 is 0. The zero-order valence-electron chi connectivity index (χ0n) is 9.30. The molecule has 1 N–H and O–H groups in total. The van der Waals surface area contributed by atoms with Crippen molar-refractivity contribution in [3.05, 3.63) is 23.7 Å². The summed E-state index contributed by atoms with van der Waals surface area (Å²) in [6.07, 6.45) is 0.689. The van der Waals surface area contributed by atoms with Crippen LogP contribution in [0.5, 0.6) is 0 Å². The summed E-state index contributed by atoms with van der Waals surface area (Å²) in [4.78, 5) is 4.08. The van der Waals surface area contributed by atoms with Gasteiger partial charge in [-0.05, 0) is 18.6 Å². The van der Waals surface area contributed by atoms with Crippen LogP contribution in [0.25, 0.3) is 11.7 Å². The van der Waals surface area contributed by atoms with E-state index in [1.54, 1.807) is 6.07 Å². The summed E-state index contributed by atoms with van der Waals surface area (Å²) in [6, 6.07) is 3.66. The van der Waals surface area contributed by atoms with Crippen LogP contribution in [0, 0.1) is 0 Å². The summed E-state index contributed by atoms with van der Waals surface area (Å²) < 4.78 is 10.5. The molecular weight excluding hydrogens is 208 g/mol. The van der Waals surface area contributed by atoms with Crippen molar-refractivity contribution >= 4 is 0 Å². The Hall–Kier alpha value is -1.62. The van der Waals surface area contributed by atoms with Gasteiger partial charge in [-0.15, -0.1) is 0 Å². The lowest BCUT2D eigenvalue weighted by atomic mass is 10.3. The highest BCUT2D eigenvalue weighted by Gasteiger charge is 2.16. The number of aliphatic hydroxyl groups is 1. The molecule has 1 atom stereocenters. The van der Waals surface area contributed by atoms with Gasteiger partial charge in [0, 0.05) is 6.42 Å². The number of aliphatic hydroxyl groups excluding tert-OH is 1. The molecule has 0 radical (unpaired) electrons. The standard InChI is InChI=1S/C11H14N2O3/c1-3-7-5-6-9(15-7)11-12-10(13-16-11)8(14)4-2/h5-6,8,14H,3-4H2,1-2H3. The Bertz CT molecular complexity index is 461. The second-order valence-corrected chi connectivity index (χ2v) is 3.50. The lowest BCUT2D eigenvalue weighted by Gasteiger charge is -1.97. The van der Waals surface area contributed by atoms with Gasteiger partial charge < -0.3 is 14.0 Å². The molecule has 2 rings (SSSR count). The highest BCUT2D eigenvalue weighted by molar-refractivity contribution is 5.44. The predicted molar refractivity (Wildman–Crippen MR) is 56.6 cm³/mol. The first-order chi connectivity index (χ1) is 7.74. The van der Waals surface area contributed by atoms with Crippen molar-refractivity contribution < 1.29 is 14.0 Å². The van der Waals surface area contributed by atoms with Crippen LogP contribution in [0.4, 0.5) is 0 Å². The monoisotopic (exact) mass is 222 g/mol. The average Bonchev–Trinajstić information content (AvgIpc) is 2.95. The fraction of sp³-hybridized carbons (Fsp3) is 0.455. The third-order valence-corrected chi connectivity index (χ3v) is 2.35. The van der Waals surface area contributed by atoms with Crippen molar-refractivity contribution in [1.82, 2.24) is 10.1 Å². The number of hydrogen-bond acceptors (Lipinski definition) is 5. The zero-order chi connectivity index (χ0) is 11.5. The van der Waals surface area contributed by atoms with Gasteiger partial charge in [0.25, 0.3) is 5.89 Å². The first-order valence-electron chi connectivity index (χ1n) is 5.35. The normalized spacial score (nSPS) is 12.9. The van der Waals surface area contributed by atoms with Crippen LogP contribution in [0.15, 0.2) is 21.1 Å². The smallest absolute Gasteiger partial charge is 0.293 e. The Kier molecular flexibility index (Phi) is 3.05. The zero-order valence-corrected chi connectivity index (χ0v) is 9.30. The molecule has 0 spiro atoms. The molecule has 86 valence electrons. The topological polar surface area (TPSA) is 72.3 Å². The molecule has 0 saturated heterocycles. The quantitative estimate of drug-likeness (QED) is 0.859. The van der Waals surface area contributed by atoms with Crippen LogP contribution in [-0.2, 0) is 6.42 Å². The lowest BCUT2D eigenvalue weighted by Crippen LogP contribution is -1.97. The third kappa shape index (κ3) is 1.99. The van der Waals surface area contributed by atoms with Gasteiger partial charge in [-0.25, -0.2) is 0 Å². The number of hydrogen-bond donors (Lipinski definition) is 1. The van der Waals surface area contributed by atoms with Crippen LogP contribution in [-0.4, -0.2) is 15.2 Å². The predicted octanol–water partition coefficient (Wildman–Crippen LogP) is 2.34. The van der Waals surface area contributed by atoms with E-state index < -0.39 is 6.10 Å². The second kappa shape index (κ2) is 4.49. The molecule has 0 fully saturated rings. The number of aryl methyl sites for hydroxylation is 1. The van der Waals surface area contributed by atoms with Crippen LogP contribution in [0.2, 0.25) is 0 Å². The van der Waals surface area contributed by atoms with Gasteiger partial charge in [0.05, 0.1) is 0 Å². The Morgan fingerprint density at radius 2 is 2.19 bits per heavy atom. The molecule has 0 aliphatic carbocycles. The van der Waals surface area contributed by atoms with Gasteiger partial charge in [-0.2, -0.15) is 4.98 Å². The fourth-order valence-corrected chi connectivity index (χ4v) is 1.34. The summed E-state index contributed by atoms with van der Waals surface area (Å²) in [5, 5.41) is 13.2. The van der Waals surface area contributed by atoms with Crippen molar-refractivity contribution in [3.8, 4) is 11.7 Å². The molecule has 16 heavy (non-hydrogen) atoms. The number of aromatic nitrogens is 2. The number of nitrogens with zero attached hydrogens (tertiary/aromatic N) is 2. The molecule has 1 unspecified atom stereocenters. The van der Waals surface area contributed by atoms with Gasteiger partial charge in [0.15, 0.2) is 5.76 Å². The first kappa shape index (κ1) is 10.9. The molecule has 0 saturated carbocycles. The van der Waals surface area contributed by atoms with Crippen molar-refractivity contribution in [1.29, 1.82) is 0 Å². The Balaban J connectivity index is 2.24. The summed E-state index contributed by atoms with van der Waals surface area (Å²) in [6.45, 7) is 3.85. The van der Waals surface area contributed by atoms with E-state index in [0.29, 0.717) is 23.9 Å². The van der Waals surface area contributed by atoms with Crippen molar-refractivity contribution in [2.45, 2.75) is 32.8 Å². The van der Waals surface area contributed by atoms with E-state index in [1.807, 2.05) is 19.9 Å². The van der Waals surface area contributed by atoms with Crippen LogP contribution >= 0.6 is 0 Å². The van der Waals surface area contributed by atoms with E-state index >= 15 is 0 Å². The molecule has 2 aromatic rings. The van der Waals surface area contributed by atoms with Crippen LogP contribution < -0.4 is 0 Å². The number of rotatable bonds is 4. The SMILES string of the molecule is CCc1ccc(-c2nc(C(O)CC)no2)o1. The van der Waals surface area contributed by atoms with Crippen LogP contribution in [0.1, 0.15) is 38.0 Å². The maximum absolute atomic E-state index is 9.53. The van der Waals surface area contributed by atoms with Gasteiger partial charge >= 0.3 is 0 Å². The fourth-order valence-electron chi connectivity index (χ4n) is 1.34. The molecular formula is C11H14N2O3. The van der Waals surface area contributed by atoms with Gasteiger partial charge in [-0.1, -0.05) is 19.0 Å². The highest BCUT2D eigenvalue weighted by atomic mass is 16.5. The Morgan fingerprint density at radius 1 is 1.38 bits per heavy atom. The first-order valence-corrected chi connectivity index (χ1v) is 5.35. The van der Waals surface area contributed by atoms with E-state index in [4.69, 9.17) is 8.94 Å². The molecule has 5 heteroatoms. The van der Waals surface area contributed by atoms with Crippen molar-refractivity contribution in [2.75, 3.05) is 0 Å². The Morgan fingerprint density at radius 3 is 2.81 bits per heavy atom. The van der Waals surface area contributed by atoms with Crippen LogP contribution in [0.3, 0.4) is 0 Å². The summed E-state index contributed by atoms with van der Waals surface area (Å²) in [5.74, 6) is 2.01. The minimum atomic E-state index is -0.682. The minimum Gasteiger partial charge on any atom is -0.456 e. The number of furan rings is 1. The molecule has 0 aliphatic rings. The van der Waals surface area contributed by atoms with E-state index in [1.165, 1.54) is 0 Å². The molecule has 0 bridgehead atoms. The molecule has 2 aromatic heterocycles. The molecule has 0 aliphatic heterocycles. The van der Waals surface area contributed by atoms with E-state index in [9.17, 15) is 5.11 Å². The summed E-state index contributed by atoms with van der Waals surface area (Å²) in [7, 11) is 0. The van der Waals surface area contributed by atoms with Crippen molar-refractivity contribution in [3.63, 3.8) is 0 Å². The largest absolute Gasteiger partial charge is 0.456 e. The molecule has 0 amide bonds. The van der Waals surface area contributed by atoms with E-state index in [2.05, 4.69) is 10.1 Å². The Labute approximate surface area is 93.1 Å². The average molecular weight is 222 g/mol. The maximum Gasteiger partial charge on any atom is 0.293 e. The lowest BCUT2D eigenvalue weighted by molar-refractivity contribution is 0.159. The van der Waals surface area contributed by atoms with Gasteiger partial charge in [0.2, 0.25) is 5.82 Å². The molecule has 2 heterocycles. The van der Waals surface area contributed by atoms with E-state index in [-0.39, 0.29) is 0 Å². The molecule has 0 aromatic carbocycles. The molecule has 5 nitrogen and oxygen atoms in total. The minimum absolute atomic E-state index is 0.298.